The van der Waals surface area contributed by atoms with Crippen molar-refractivity contribution in [2.24, 2.45) is 0 Å². The van der Waals surface area contributed by atoms with Gasteiger partial charge < -0.3 is 9.15 Å². The van der Waals surface area contributed by atoms with E-state index < -0.39 is 17.6 Å². The van der Waals surface area contributed by atoms with Gasteiger partial charge in [0.1, 0.15) is 0 Å². The van der Waals surface area contributed by atoms with Gasteiger partial charge in [-0.05, 0) is 6.92 Å². The summed E-state index contributed by atoms with van der Waals surface area (Å²) < 4.78 is 32.7. The van der Waals surface area contributed by atoms with E-state index >= 15 is 0 Å². The Balaban J connectivity index is 2.63. The van der Waals surface area contributed by atoms with E-state index in [2.05, 4.69) is 19.4 Å². The minimum atomic E-state index is -2.66. The molecule has 1 heterocycles. The van der Waals surface area contributed by atoms with Gasteiger partial charge >= 0.3 is 11.9 Å². The van der Waals surface area contributed by atoms with E-state index in [0.29, 0.717) is 0 Å². The Labute approximate surface area is 81.8 Å². The zero-order chi connectivity index (χ0) is 10.6. The van der Waals surface area contributed by atoms with Crippen molar-refractivity contribution in [3.63, 3.8) is 0 Å². The van der Waals surface area contributed by atoms with Crippen molar-refractivity contribution in [2.75, 3.05) is 6.61 Å². The van der Waals surface area contributed by atoms with Crippen LogP contribution in [0.2, 0.25) is 0 Å². The van der Waals surface area contributed by atoms with E-state index in [1.54, 1.807) is 6.92 Å². The van der Waals surface area contributed by atoms with Crippen LogP contribution in [-0.2, 0) is 4.74 Å². The Bertz CT molecular complexity index is 318. The van der Waals surface area contributed by atoms with E-state index in [9.17, 15) is 13.6 Å². The molecule has 78 valence electrons. The average molecular weight is 224 g/mol. The van der Waals surface area contributed by atoms with E-state index in [1.807, 2.05) is 0 Å². The van der Waals surface area contributed by atoms with Crippen molar-refractivity contribution >= 4 is 17.7 Å². The standard InChI is InChI=1S/C6H6F2N2O3S/c1-2-12-4(11)3-9-10-6(13-3)14-5(7)8/h5H,2H2,1H3. The molecule has 0 aliphatic carbocycles. The summed E-state index contributed by atoms with van der Waals surface area (Å²) in [6.07, 6.45) is 0. The molecule has 14 heavy (non-hydrogen) atoms. The number of nitrogens with zero attached hydrogens (tertiary/aromatic N) is 2. The smallest absolute Gasteiger partial charge is 0.396 e. The molecule has 8 heteroatoms. The zero-order valence-electron chi connectivity index (χ0n) is 7.07. The number of alkyl halides is 2. The monoisotopic (exact) mass is 224 g/mol. The lowest BCUT2D eigenvalue weighted by molar-refractivity contribution is 0.0474. The van der Waals surface area contributed by atoms with Crippen LogP contribution in [-0.4, -0.2) is 28.5 Å². The van der Waals surface area contributed by atoms with E-state index in [1.165, 1.54) is 0 Å². The van der Waals surface area contributed by atoms with Gasteiger partial charge in [0.05, 0.1) is 6.61 Å². The molecule has 0 saturated heterocycles. The Kier molecular flexibility index (Phi) is 3.81. The molecule has 0 spiro atoms. The van der Waals surface area contributed by atoms with Crippen LogP contribution in [0.5, 0.6) is 0 Å². The molecule has 0 atom stereocenters. The number of halogens is 2. The summed E-state index contributed by atoms with van der Waals surface area (Å²) in [7, 11) is 0. The minimum Gasteiger partial charge on any atom is -0.459 e. The lowest BCUT2D eigenvalue weighted by Gasteiger charge is -1.94. The van der Waals surface area contributed by atoms with E-state index in [4.69, 9.17) is 0 Å². The molecule has 0 amide bonds. The van der Waals surface area contributed by atoms with Crippen LogP contribution in [0, 0.1) is 0 Å². The lowest BCUT2D eigenvalue weighted by atomic mass is 10.7. The first-order valence-corrected chi connectivity index (χ1v) is 4.47. The van der Waals surface area contributed by atoms with E-state index in [-0.39, 0.29) is 23.6 Å². The van der Waals surface area contributed by atoms with Crippen molar-refractivity contribution in [1.82, 2.24) is 10.2 Å². The van der Waals surface area contributed by atoms with Crippen LogP contribution < -0.4 is 0 Å². The molecule has 1 aromatic heterocycles. The van der Waals surface area contributed by atoms with Gasteiger partial charge in [-0.25, -0.2) is 4.79 Å². The second-order valence-corrected chi connectivity index (χ2v) is 2.91. The fourth-order valence-corrected chi connectivity index (χ4v) is 0.976. The van der Waals surface area contributed by atoms with Gasteiger partial charge in [0.25, 0.3) is 11.0 Å². The lowest BCUT2D eigenvalue weighted by Crippen LogP contribution is -2.04. The Morgan fingerprint density at radius 3 is 2.93 bits per heavy atom. The highest BCUT2D eigenvalue weighted by Gasteiger charge is 2.18. The van der Waals surface area contributed by atoms with Gasteiger partial charge in [-0.1, -0.05) is 5.10 Å². The quantitative estimate of drug-likeness (QED) is 0.571. The summed E-state index contributed by atoms with van der Waals surface area (Å²) >= 11 is 0.0734. The predicted octanol–water partition coefficient (Wildman–Crippen LogP) is 1.56. The summed E-state index contributed by atoms with van der Waals surface area (Å²) in [5.41, 5.74) is 0. The van der Waals surface area contributed by atoms with Crippen LogP contribution >= 0.6 is 11.8 Å². The number of carbonyl (C=O) groups excluding carboxylic acids is 1. The molecule has 0 aliphatic rings. The molecule has 0 radical (unpaired) electrons. The highest BCUT2D eigenvalue weighted by molar-refractivity contribution is 7.99. The SMILES string of the molecule is CCOC(=O)c1nnc(SC(F)F)o1. The second kappa shape index (κ2) is 4.89. The number of ether oxygens (including phenoxy) is 1. The fraction of sp³-hybridized carbons (Fsp3) is 0.500. The molecule has 0 saturated carbocycles. The maximum atomic E-state index is 11.8. The highest BCUT2D eigenvalue weighted by Crippen LogP contribution is 2.23. The molecule has 0 bridgehead atoms. The third-order valence-electron chi connectivity index (χ3n) is 1.05. The molecule has 0 aliphatic heterocycles. The number of thioether (sulfide) groups is 1. The van der Waals surface area contributed by atoms with Crippen molar-refractivity contribution in [1.29, 1.82) is 0 Å². The first kappa shape index (κ1) is 10.9. The summed E-state index contributed by atoms with van der Waals surface area (Å²) in [6.45, 7) is 1.75. The average Bonchev–Trinajstić information content (AvgIpc) is 2.52. The van der Waals surface area contributed by atoms with Gasteiger partial charge in [-0.3, -0.25) is 0 Å². The first-order chi connectivity index (χ1) is 6.63. The first-order valence-electron chi connectivity index (χ1n) is 3.59. The van der Waals surface area contributed by atoms with Crippen LogP contribution in [0.4, 0.5) is 8.78 Å². The van der Waals surface area contributed by atoms with Gasteiger partial charge in [-0.15, -0.1) is 5.10 Å². The number of aromatic nitrogens is 2. The Morgan fingerprint density at radius 2 is 2.36 bits per heavy atom. The van der Waals surface area contributed by atoms with Crippen molar-refractivity contribution < 1.29 is 22.7 Å². The van der Waals surface area contributed by atoms with Crippen molar-refractivity contribution in [3.05, 3.63) is 5.89 Å². The largest absolute Gasteiger partial charge is 0.459 e. The minimum absolute atomic E-state index is 0.0734. The molecule has 0 N–H and O–H groups in total. The normalized spacial score (nSPS) is 10.6. The van der Waals surface area contributed by atoms with Crippen molar-refractivity contribution in [3.8, 4) is 0 Å². The number of hydrogen-bond acceptors (Lipinski definition) is 6. The molecule has 0 unspecified atom stereocenters. The molecular weight excluding hydrogens is 218 g/mol. The molecule has 5 nitrogen and oxygen atoms in total. The number of rotatable bonds is 4. The molecule has 0 aromatic carbocycles. The Morgan fingerprint density at radius 1 is 1.64 bits per heavy atom. The third-order valence-corrected chi connectivity index (χ3v) is 1.59. The summed E-state index contributed by atoms with van der Waals surface area (Å²) in [6, 6.07) is 0. The fourth-order valence-electron chi connectivity index (χ4n) is 0.609. The topological polar surface area (TPSA) is 65.2 Å². The Hall–Kier alpha value is -1.18. The molecule has 1 aromatic rings. The summed E-state index contributed by atoms with van der Waals surface area (Å²) in [5.74, 6) is -3.90. The number of carbonyl (C=O) groups is 1. The van der Waals surface area contributed by atoms with Gasteiger partial charge in [0, 0.05) is 11.8 Å². The summed E-state index contributed by atoms with van der Waals surface area (Å²) in [4.78, 5) is 10.9. The molecular formula is C6H6F2N2O3S. The third kappa shape index (κ3) is 2.95. The summed E-state index contributed by atoms with van der Waals surface area (Å²) in [5, 5.41) is 6.11. The number of esters is 1. The van der Waals surface area contributed by atoms with Crippen LogP contribution in [0.3, 0.4) is 0 Å². The maximum absolute atomic E-state index is 11.8. The van der Waals surface area contributed by atoms with Crippen LogP contribution in [0.15, 0.2) is 9.64 Å². The van der Waals surface area contributed by atoms with Gasteiger partial charge in [-0.2, -0.15) is 8.78 Å². The van der Waals surface area contributed by atoms with Crippen LogP contribution in [0.1, 0.15) is 17.6 Å². The second-order valence-electron chi connectivity index (χ2n) is 1.97. The van der Waals surface area contributed by atoms with E-state index in [0.717, 1.165) is 0 Å². The maximum Gasteiger partial charge on any atom is 0.396 e. The van der Waals surface area contributed by atoms with Gasteiger partial charge in [0.2, 0.25) is 0 Å². The van der Waals surface area contributed by atoms with Gasteiger partial charge in [0.15, 0.2) is 0 Å². The number of hydrogen-bond donors (Lipinski definition) is 0. The molecule has 0 fully saturated rings. The van der Waals surface area contributed by atoms with Crippen molar-refractivity contribution in [2.45, 2.75) is 17.9 Å². The molecule has 1 rings (SSSR count). The van der Waals surface area contributed by atoms with Crippen LogP contribution in [0.25, 0.3) is 0 Å². The zero-order valence-corrected chi connectivity index (χ0v) is 7.88. The predicted molar refractivity (Wildman–Crippen MR) is 42.1 cm³/mol. The highest BCUT2D eigenvalue weighted by atomic mass is 32.2.